The van der Waals surface area contributed by atoms with Gasteiger partial charge in [-0.05, 0) is 46.5 Å². The van der Waals surface area contributed by atoms with Crippen molar-refractivity contribution in [2.75, 3.05) is 26.5 Å². The lowest BCUT2D eigenvalue weighted by Crippen LogP contribution is -2.47. The number of hydrogen-bond acceptors (Lipinski definition) is 8. The third-order valence-electron chi connectivity index (χ3n) is 7.12. The van der Waals surface area contributed by atoms with E-state index < -0.39 is 44.8 Å². The van der Waals surface area contributed by atoms with E-state index in [4.69, 9.17) is 21.1 Å². The second-order valence-corrected chi connectivity index (χ2v) is 13.4. The molecule has 15 heteroatoms. The van der Waals surface area contributed by atoms with E-state index in [1.165, 1.54) is 30.3 Å². The minimum absolute atomic E-state index is 0.0147. The number of hydrogen-bond donors (Lipinski definition) is 2. The van der Waals surface area contributed by atoms with Crippen molar-refractivity contribution >= 4 is 27.3 Å². The van der Waals surface area contributed by atoms with Crippen LogP contribution in [-0.4, -0.2) is 77.7 Å². The first-order valence-corrected chi connectivity index (χ1v) is 15.0. The normalized spacial score (nSPS) is 20.3. The lowest BCUT2D eigenvalue weighted by molar-refractivity contribution is -0.219. The van der Waals surface area contributed by atoms with Gasteiger partial charge >= 0.3 is 6.18 Å². The van der Waals surface area contributed by atoms with E-state index in [-0.39, 0.29) is 41.7 Å². The number of methoxy groups -OCH3 is 1. The summed E-state index contributed by atoms with van der Waals surface area (Å²) in [6.45, 7) is 3.34. The number of aryl methyl sites for hydroxylation is 1. The van der Waals surface area contributed by atoms with Crippen LogP contribution < -0.4 is 14.8 Å². The molecule has 1 aliphatic carbocycles. The second kappa shape index (κ2) is 11.7. The molecule has 2 N–H and O–H groups in total. The standard InChI is InChI=1S/C25H34ClF3N4O6S/c1-6-33-21(16-12-30-18(11-17(16)38-4)39-14-23(2,3)25(27,28)29)19(26)20(32-33)22(34)31-13-24(35)9-7-15(8-10-24)40(5,36)37/h11-12,15,35H,6-10,13-14H2,1-5H3,(H,31,34). The molecule has 40 heavy (non-hydrogen) atoms. The molecule has 2 heterocycles. The van der Waals surface area contributed by atoms with Gasteiger partial charge in [0.15, 0.2) is 5.69 Å². The molecule has 0 atom stereocenters. The zero-order chi connectivity index (χ0) is 30.1. The summed E-state index contributed by atoms with van der Waals surface area (Å²) in [5.41, 5.74) is -2.84. The maximum atomic E-state index is 13.2. The summed E-state index contributed by atoms with van der Waals surface area (Å²) in [6, 6.07) is 1.33. The summed E-state index contributed by atoms with van der Waals surface area (Å²) in [4.78, 5) is 17.1. The molecule has 0 radical (unpaired) electrons. The summed E-state index contributed by atoms with van der Waals surface area (Å²) in [6.07, 6.45) is -0.973. The number of aliphatic hydroxyl groups is 1. The Bertz CT molecular complexity index is 1340. The van der Waals surface area contributed by atoms with Gasteiger partial charge in [-0.15, -0.1) is 0 Å². The number of rotatable bonds is 10. The predicted octanol–water partition coefficient (Wildman–Crippen LogP) is 4.04. The minimum atomic E-state index is -4.47. The van der Waals surface area contributed by atoms with Crippen molar-refractivity contribution in [3.05, 3.63) is 23.0 Å². The number of amides is 1. The third-order valence-corrected chi connectivity index (χ3v) is 9.16. The van der Waals surface area contributed by atoms with E-state index >= 15 is 0 Å². The molecule has 1 amide bonds. The number of pyridine rings is 1. The van der Waals surface area contributed by atoms with Crippen molar-refractivity contribution < 1.29 is 41.0 Å². The Hall–Kier alpha value is -2.58. The highest BCUT2D eigenvalue weighted by Gasteiger charge is 2.48. The molecule has 0 unspecified atom stereocenters. The van der Waals surface area contributed by atoms with E-state index in [2.05, 4.69) is 15.4 Å². The van der Waals surface area contributed by atoms with Crippen LogP contribution in [0.4, 0.5) is 13.2 Å². The molecule has 0 bridgehead atoms. The smallest absolute Gasteiger partial charge is 0.397 e. The van der Waals surface area contributed by atoms with Crippen LogP contribution in [0.5, 0.6) is 11.6 Å². The Kier molecular flexibility index (Phi) is 9.36. The third kappa shape index (κ3) is 7.00. The number of sulfone groups is 1. The number of carbonyl (C=O) groups excluding carboxylic acids is 1. The minimum Gasteiger partial charge on any atom is -0.496 e. The van der Waals surface area contributed by atoms with Gasteiger partial charge in [0.25, 0.3) is 5.91 Å². The van der Waals surface area contributed by atoms with Crippen LogP contribution in [0.15, 0.2) is 12.3 Å². The van der Waals surface area contributed by atoms with Gasteiger partial charge in [-0.1, -0.05) is 11.6 Å². The van der Waals surface area contributed by atoms with Crippen molar-refractivity contribution in [2.45, 2.75) is 70.0 Å². The number of carbonyl (C=O) groups is 1. The lowest BCUT2D eigenvalue weighted by atomic mass is 9.84. The molecule has 1 aliphatic rings. The van der Waals surface area contributed by atoms with Gasteiger partial charge in [-0.25, -0.2) is 13.4 Å². The predicted molar refractivity (Wildman–Crippen MR) is 142 cm³/mol. The molecule has 1 saturated carbocycles. The van der Waals surface area contributed by atoms with Crippen LogP contribution in [0.3, 0.4) is 0 Å². The van der Waals surface area contributed by atoms with Crippen LogP contribution in [-0.2, 0) is 16.4 Å². The zero-order valence-corrected chi connectivity index (χ0v) is 24.5. The lowest BCUT2D eigenvalue weighted by Gasteiger charge is -2.35. The topological polar surface area (TPSA) is 133 Å². The van der Waals surface area contributed by atoms with E-state index in [0.29, 0.717) is 30.6 Å². The first-order chi connectivity index (χ1) is 18.4. The Morgan fingerprint density at radius 2 is 1.93 bits per heavy atom. The second-order valence-electron chi connectivity index (χ2n) is 10.7. The number of alkyl halides is 3. The molecule has 0 aliphatic heterocycles. The molecule has 10 nitrogen and oxygen atoms in total. The van der Waals surface area contributed by atoms with E-state index in [9.17, 15) is 31.5 Å². The molecule has 1 fully saturated rings. The number of aromatic nitrogens is 3. The Morgan fingerprint density at radius 1 is 1.30 bits per heavy atom. The van der Waals surface area contributed by atoms with E-state index in [0.717, 1.165) is 13.8 Å². The number of nitrogens with one attached hydrogen (secondary N) is 1. The number of ether oxygens (including phenoxy) is 2. The highest BCUT2D eigenvalue weighted by Crippen LogP contribution is 2.40. The first-order valence-electron chi connectivity index (χ1n) is 12.6. The highest BCUT2D eigenvalue weighted by atomic mass is 35.5. The van der Waals surface area contributed by atoms with Gasteiger partial charge in [0, 0.05) is 31.6 Å². The molecule has 2 aromatic rings. The molecule has 0 spiro atoms. The molecule has 0 saturated heterocycles. The van der Waals surface area contributed by atoms with Gasteiger partial charge in [0.1, 0.15) is 22.2 Å². The maximum absolute atomic E-state index is 13.2. The summed E-state index contributed by atoms with van der Waals surface area (Å²) in [5.74, 6) is -0.540. The molecule has 2 aromatic heterocycles. The summed E-state index contributed by atoms with van der Waals surface area (Å²) >= 11 is 6.59. The quantitative estimate of drug-likeness (QED) is 0.412. The monoisotopic (exact) mass is 610 g/mol. The van der Waals surface area contributed by atoms with Crippen LogP contribution in [0.25, 0.3) is 11.3 Å². The Labute approximate surface area is 236 Å². The van der Waals surface area contributed by atoms with E-state index in [1.54, 1.807) is 6.92 Å². The van der Waals surface area contributed by atoms with Gasteiger partial charge < -0.3 is 19.9 Å². The first kappa shape index (κ1) is 31.9. The fraction of sp³-hybridized carbons (Fsp3) is 0.640. The highest BCUT2D eigenvalue weighted by molar-refractivity contribution is 7.91. The van der Waals surface area contributed by atoms with Gasteiger partial charge in [-0.2, -0.15) is 18.3 Å². The van der Waals surface area contributed by atoms with Crippen LogP contribution >= 0.6 is 11.6 Å². The number of halogens is 4. The zero-order valence-electron chi connectivity index (χ0n) is 22.9. The molecule has 3 rings (SSSR count). The van der Waals surface area contributed by atoms with Crippen molar-refractivity contribution in [3.63, 3.8) is 0 Å². The Balaban J connectivity index is 1.79. The average molecular weight is 611 g/mol. The van der Waals surface area contributed by atoms with E-state index in [1.807, 2.05) is 0 Å². The summed E-state index contributed by atoms with van der Waals surface area (Å²) in [7, 11) is -1.85. The summed E-state index contributed by atoms with van der Waals surface area (Å²) in [5, 5.41) is 17.3. The molecular formula is C25H34ClF3N4O6S. The van der Waals surface area contributed by atoms with Crippen LogP contribution in [0.1, 0.15) is 56.9 Å². The fourth-order valence-electron chi connectivity index (χ4n) is 4.31. The van der Waals surface area contributed by atoms with Gasteiger partial charge in [0.05, 0.1) is 39.7 Å². The Morgan fingerprint density at radius 3 is 2.45 bits per heavy atom. The SMILES string of the molecule is CCn1nc(C(=O)NCC2(O)CCC(S(C)(=O)=O)CC2)c(Cl)c1-c1cnc(OCC(C)(C)C(F)(F)F)cc1OC. The molecule has 224 valence electrons. The van der Waals surface area contributed by atoms with Crippen LogP contribution in [0, 0.1) is 5.41 Å². The fourth-order valence-corrected chi connectivity index (χ4v) is 5.73. The summed E-state index contributed by atoms with van der Waals surface area (Å²) < 4.78 is 75.3. The molecule has 0 aromatic carbocycles. The maximum Gasteiger partial charge on any atom is 0.397 e. The van der Waals surface area contributed by atoms with Gasteiger partial charge in [-0.3, -0.25) is 9.48 Å². The largest absolute Gasteiger partial charge is 0.496 e. The van der Waals surface area contributed by atoms with Crippen molar-refractivity contribution in [2.24, 2.45) is 5.41 Å². The van der Waals surface area contributed by atoms with Crippen LogP contribution in [0.2, 0.25) is 5.02 Å². The van der Waals surface area contributed by atoms with Crippen molar-refractivity contribution in [1.82, 2.24) is 20.1 Å². The molecular weight excluding hydrogens is 577 g/mol. The number of nitrogens with zero attached hydrogens (tertiary/aromatic N) is 3. The van der Waals surface area contributed by atoms with Gasteiger partial charge in [0.2, 0.25) is 5.88 Å². The van der Waals surface area contributed by atoms with Crippen molar-refractivity contribution in [3.8, 4) is 22.9 Å². The average Bonchev–Trinajstić information content (AvgIpc) is 3.21. The van der Waals surface area contributed by atoms with Crippen molar-refractivity contribution in [1.29, 1.82) is 0 Å².